The van der Waals surface area contributed by atoms with Crippen molar-refractivity contribution in [2.75, 3.05) is 13.6 Å². The molecular formula is C10H15ClFN3O4S. The molecule has 0 aromatic heterocycles. The molecule has 1 aromatic carbocycles. The second-order valence-corrected chi connectivity index (χ2v) is 5.62. The summed E-state index contributed by atoms with van der Waals surface area (Å²) in [7, 11) is -2.49. The van der Waals surface area contributed by atoms with Crippen LogP contribution in [-0.2, 0) is 10.0 Å². The average Bonchev–Trinajstić information content (AvgIpc) is 2.35. The maximum absolute atomic E-state index is 13.3. The zero-order valence-electron chi connectivity index (χ0n) is 10.8. The third-order valence-electron chi connectivity index (χ3n) is 2.49. The van der Waals surface area contributed by atoms with Crippen LogP contribution in [0, 0.1) is 15.9 Å². The summed E-state index contributed by atoms with van der Waals surface area (Å²) in [5, 5.41) is 13.5. The highest BCUT2D eigenvalue weighted by atomic mass is 35.5. The van der Waals surface area contributed by atoms with E-state index in [1.54, 1.807) is 14.0 Å². The van der Waals surface area contributed by atoms with Gasteiger partial charge in [0.25, 0.3) is 0 Å². The highest BCUT2D eigenvalue weighted by molar-refractivity contribution is 7.89. The molecule has 0 saturated heterocycles. The van der Waals surface area contributed by atoms with Gasteiger partial charge < -0.3 is 5.32 Å². The Kier molecular flexibility index (Phi) is 7.00. The largest absolute Gasteiger partial charge is 0.324 e. The summed E-state index contributed by atoms with van der Waals surface area (Å²) in [5.74, 6) is -1.19. The molecule has 0 amide bonds. The Morgan fingerprint density at radius 1 is 1.45 bits per heavy atom. The number of para-hydroxylation sites is 1. The fourth-order valence-electron chi connectivity index (χ4n) is 1.30. The van der Waals surface area contributed by atoms with Gasteiger partial charge in [0.05, 0.1) is 4.92 Å². The van der Waals surface area contributed by atoms with Gasteiger partial charge in [0.15, 0.2) is 4.90 Å². The maximum atomic E-state index is 13.3. The third kappa shape index (κ3) is 4.37. The van der Waals surface area contributed by atoms with Crippen LogP contribution in [0.15, 0.2) is 23.1 Å². The standard InChI is InChI=1S/C10H14FN3O4S.ClH/c1-7(12-2)6-13-19(17,18)9-5-3-4-8(11)10(9)14(15)16;/h3-5,7,12-13H,6H2,1-2H3;1H. The summed E-state index contributed by atoms with van der Waals surface area (Å²) in [6, 6.07) is 2.78. The predicted molar refractivity (Wildman–Crippen MR) is 74.0 cm³/mol. The van der Waals surface area contributed by atoms with Gasteiger partial charge in [-0.15, -0.1) is 12.4 Å². The number of hydrogen-bond donors (Lipinski definition) is 2. The molecule has 1 atom stereocenters. The number of halogens is 2. The maximum Gasteiger partial charge on any atom is 0.324 e. The minimum Gasteiger partial charge on any atom is -0.316 e. The SMILES string of the molecule is CNC(C)CNS(=O)(=O)c1cccc(F)c1[N+](=O)[O-].Cl. The van der Waals surface area contributed by atoms with Gasteiger partial charge in [-0.2, -0.15) is 4.39 Å². The number of nitrogens with one attached hydrogen (secondary N) is 2. The number of rotatable bonds is 6. The summed E-state index contributed by atoms with van der Waals surface area (Å²) in [6.07, 6.45) is 0. The van der Waals surface area contributed by atoms with Crippen molar-refractivity contribution in [1.29, 1.82) is 0 Å². The van der Waals surface area contributed by atoms with Gasteiger partial charge in [-0.3, -0.25) is 10.1 Å². The van der Waals surface area contributed by atoms with E-state index in [-0.39, 0.29) is 25.0 Å². The average molecular weight is 328 g/mol. The minimum absolute atomic E-state index is 0. The van der Waals surface area contributed by atoms with Gasteiger partial charge in [0, 0.05) is 12.6 Å². The van der Waals surface area contributed by atoms with Crippen molar-refractivity contribution in [2.24, 2.45) is 0 Å². The topological polar surface area (TPSA) is 101 Å². The van der Waals surface area contributed by atoms with Crippen molar-refractivity contribution in [3.8, 4) is 0 Å². The summed E-state index contributed by atoms with van der Waals surface area (Å²) < 4.78 is 39.4. The Hall–Kier alpha value is -1.29. The highest BCUT2D eigenvalue weighted by Gasteiger charge is 2.29. The first kappa shape index (κ1) is 18.7. The van der Waals surface area contributed by atoms with E-state index in [1.807, 2.05) is 0 Å². The molecule has 114 valence electrons. The van der Waals surface area contributed by atoms with Gasteiger partial charge >= 0.3 is 5.69 Å². The molecule has 0 saturated carbocycles. The van der Waals surface area contributed by atoms with Gasteiger partial charge in [0.2, 0.25) is 15.8 Å². The minimum atomic E-state index is -4.14. The molecule has 0 aliphatic carbocycles. The van der Waals surface area contributed by atoms with E-state index in [2.05, 4.69) is 10.0 Å². The zero-order chi connectivity index (χ0) is 14.6. The van der Waals surface area contributed by atoms with Crippen LogP contribution in [0.5, 0.6) is 0 Å². The lowest BCUT2D eigenvalue weighted by molar-refractivity contribution is -0.390. The second-order valence-electron chi connectivity index (χ2n) is 3.89. The number of nitro groups is 1. The molecule has 0 aliphatic heterocycles. The molecule has 10 heteroatoms. The lowest BCUT2D eigenvalue weighted by Crippen LogP contribution is -2.37. The number of likely N-dealkylation sites (N-methyl/N-ethyl adjacent to an activating group) is 1. The van der Waals surface area contributed by atoms with Crippen LogP contribution in [0.1, 0.15) is 6.92 Å². The van der Waals surface area contributed by atoms with Crippen molar-refractivity contribution < 1.29 is 17.7 Å². The molecule has 7 nitrogen and oxygen atoms in total. The smallest absolute Gasteiger partial charge is 0.316 e. The molecule has 1 aromatic rings. The first-order valence-corrected chi connectivity index (χ1v) is 6.87. The van der Waals surface area contributed by atoms with Crippen molar-refractivity contribution in [2.45, 2.75) is 17.9 Å². The lowest BCUT2D eigenvalue weighted by atomic mass is 10.3. The fraction of sp³-hybridized carbons (Fsp3) is 0.400. The van der Waals surface area contributed by atoms with E-state index in [9.17, 15) is 22.9 Å². The monoisotopic (exact) mass is 327 g/mol. The Labute approximate surface area is 122 Å². The van der Waals surface area contributed by atoms with E-state index in [0.29, 0.717) is 0 Å². The zero-order valence-corrected chi connectivity index (χ0v) is 12.4. The first-order valence-electron chi connectivity index (χ1n) is 5.39. The van der Waals surface area contributed by atoms with Crippen molar-refractivity contribution in [3.63, 3.8) is 0 Å². The van der Waals surface area contributed by atoms with Gasteiger partial charge in [0.1, 0.15) is 0 Å². The number of benzene rings is 1. The molecule has 0 heterocycles. The van der Waals surface area contributed by atoms with E-state index < -0.39 is 31.3 Å². The summed E-state index contributed by atoms with van der Waals surface area (Å²) >= 11 is 0. The molecular weight excluding hydrogens is 313 g/mol. The molecule has 0 radical (unpaired) electrons. The van der Waals surface area contributed by atoms with E-state index in [0.717, 1.165) is 18.2 Å². The predicted octanol–water partition coefficient (Wildman–Crippen LogP) is 1.04. The number of nitro benzene ring substituents is 1. The summed E-state index contributed by atoms with van der Waals surface area (Å²) in [5.41, 5.74) is -1.05. The lowest BCUT2D eigenvalue weighted by Gasteiger charge is -2.12. The number of sulfonamides is 1. The fourth-order valence-corrected chi connectivity index (χ4v) is 2.61. The summed E-state index contributed by atoms with van der Waals surface area (Å²) in [6.45, 7) is 1.76. The van der Waals surface area contributed by atoms with Crippen LogP contribution >= 0.6 is 12.4 Å². The highest BCUT2D eigenvalue weighted by Crippen LogP contribution is 2.26. The Bertz CT molecular complexity index is 582. The van der Waals surface area contributed by atoms with Crippen LogP contribution < -0.4 is 10.0 Å². The molecule has 0 fully saturated rings. The van der Waals surface area contributed by atoms with Gasteiger partial charge in [-0.1, -0.05) is 6.07 Å². The Morgan fingerprint density at radius 2 is 2.05 bits per heavy atom. The van der Waals surface area contributed by atoms with E-state index in [4.69, 9.17) is 0 Å². The normalized spacial score (nSPS) is 12.6. The third-order valence-corrected chi connectivity index (χ3v) is 3.95. The second kappa shape index (κ2) is 7.48. The molecule has 1 unspecified atom stereocenters. The Morgan fingerprint density at radius 3 is 2.55 bits per heavy atom. The van der Waals surface area contributed by atoms with Crippen LogP contribution in [0.4, 0.5) is 10.1 Å². The van der Waals surface area contributed by atoms with Crippen LogP contribution in [0.2, 0.25) is 0 Å². The van der Waals surface area contributed by atoms with Gasteiger partial charge in [-0.25, -0.2) is 13.1 Å². The van der Waals surface area contributed by atoms with E-state index in [1.165, 1.54) is 0 Å². The quantitative estimate of drug-likeness (QED) is 0.600. The van der Waals surface area contributed by atoms with Crippen LogP contribution in [0.3, 0.4) is 0 Å². The van der Waals surface area contributed by atoms with Crippen molar-refractivity contribution in [3.05, 3.63) is 34.1 Å². The van der Waals surface area contributed by atoms with Crippen LogP contribution in [0.25, 0.3) is 0 Å². The summed E-state index contributed by atoms with van der Waals surface area (Å²) in [4.78, 5) is 9.01. The van der Waals surface area contributed by atoms with Crippen molar-refractivity contribution in [1.82, 2.24) is 10.0 Å². The molecule has 1 rings (SSSR count). The molecule has 2 N–H and O–H groups in total. The van der Waals surface area contributed by atoms with Gasteiger partial charge in [-0.05, 0) is 26.1 Å². The molecule has 0 bridgehead atoms. The number of hydrogen-bond acceptors (Lipinski definition) is 5. The van der Waals surface area contributed by atoms with Crippen LogP contribution in [-0.4, -0.2) is 33.0 Å². The molecule has 20 heavy (non-hydrogen) atoms. The Balaban J connectivity index is 0.00000361. The van der Waals surface area contributed by atoms with Crippen molar-refractivity contribution >= 4 is 28.1 Å². The number of nitrogens with zero attached hydrogens (tertiary/aromatic N) is 1. The molecule has 0 aliphatic rings. The molecule has 0 spiro atoms. The first-order chi connectivity index (χ1) is 8.79. The van der Waals surface area contributed by atoms with E-state index >= 15 is 0 Å².